The fourth-order valence-corrected chi connectivity index (χ4v) is 11.6. The van der Waals surface area contributed by atoms with Gasteiger partial charge in [0.1, 0.15) is 18.8 Å². The van der Waals surface area contributed by atoms with Crippen molar-refractivity contribution in [3.63, 3.8) is 0 Å². The van der Waals surface area contributed by atoms with Gasteiger partial charge in [0.2, 0.25) is 0 Å². The molecule has 5 rings (SSSR count). The Hall–Kier alpha value is -1.85. The molecular weight excluding hydrogens is 528 g/mol. The average Bonchev–Trinajstić information content (AvgIpc) is 2.86. The summed E-state index contributed by atoms with van der Waals surface area (Å²) in [6.07, 6.45) is 11.3. The van der Waals surface area contributed by atoms with E-state index in [2.05, 4.69) is 54.5 Å². The zero-order valence-corrected chi connectivity index (χ0v) is 28.0. The standard InChI is InChI=1S/C36H56O6/c1-22(37)40-21-34(8)27-13-16-35(9)28(33(27,7)15-14-29(34)41-23(2)38)12-11-25-26-19-31(4,5)17-18-32(26,6)20-30(36(25,35)10)42-24(3)39/h11,26-30H,12-21H2,1-10H3/t26-,27+,28+,29-,30-,32+,33-,34+,35+,36-/m0/s1. The second-order valence-corrected chi connectivity index (χ2v) is 17.0. The molecule has 0 aromatic carbocycles. The summed E-state index contributed by atoms with van der Waals surface area (Å²) in [5.74, 6) is 0.338. The van der Waals surface area contributed by atoms with Gasteiger partial charge in [-0.15, -0.1) is 0 Å². The number of fused-ring (bicyclic) bond motifs is 7. The predicted octanol–water partition coefficient (Wildman–Crippen LogP) is 7.82. The zero-order chi connectivity index (χ0) is 31.1. The smallest absolute Gasteiger partial charge is 0.302 e. The van der Waals surface area contributed by atoms with E-state index >= 15 is 0 Å². The minimum absolute atomic E-state index is 0.0447. The molecule has 10 atom stereocenters. The SMILES string of the molecule is CC(=O)OC[C@]1(C)[C@@H]2CC[C@]3(C)[C@H](CC=C4[C@@H]5CC(C)(C)CC[C@]5(C)C[C@H](OC(C)=O)[C@]43C)[C@@]2(C)CC[C@@H]1OC(C)=O. The maximum atomic E-state index is 12.7. The monoisotopic (exact) mass is 584 g/mol. The molecule has 0 aliphatic heterocycles. The normalized spacial score (nSPS) is 47.4. The quantitative estimate of drug-likeness (QED) is 0.190. The maximum Gasteiger partial charge on any atom is 0.302 e. The number of hydrogen-bond donors (Lipinski definition) is 0. The van der Waals surface area contributed by atoms with E-state index in [0.717, 1.165) is 38.5 Å². The molecule has 0 aromatic heterocycles. The van der Waals surface area contributed by atoms with Gasteiger partial charge >= 0.3 is 17.9 Å². The summed E-state index contributed by atoms with van der Waals surface area (Å²) in [5.41, 5.74) is 1.15. The second kappa shape index (κ2) is 10.1. The molecule has 0 heterocycles. The summed E-state index contributed by atoms with van der Waals surface area (Å²) < 4.78 is 18.0. The summed E-state index contributed by atoms with van der Waals surface area (Å²) in [6, 6.07) is 0. The van der Waals surface area contributed by atoms with Gasteiger partial charge in [0.05, 0.1) is 0 Å². The highest BCUT2D eigenvalue weighted by Gasteiger charge is 2.71. The molecule has 0 aromatic rings. The Kier molecular flexibility index (Phi) is 7.58. The first-order valence-corrected chi connectivity index (χ1v) is 16.5. The molecule has 236 valence electrons. The highest BCUT2D eigenvalue weighted by atomic mass is 16.6. The third-order valence-electron chi connectivity index (χ3n) is 14.0. The Balaban J connectivity index is 1.61. The van der Waals surface area contributed by atoms with Crippen LogP contribution >= 0.6 is 0 Å². The lowest BCUT2D eigenvalue weighted by Gasteiger charge is -2.72. The highest BCUT2D eigenvalue weighted by molar-refractivity contribution is 5.67. The van der Waals surface area contributed by atoms with Crippen molar-refractivity contribution < 1.29 is 28.6 Å². The number of rotatable bonds is 4. The van der Waals surface area contributed by atoms with Crippen LogP contribution in [0.2, 0.25) is 0 Å². The van der Waals surface area contributed by atoms with Crippen molar-refractivity contribution in [2.45, 2.75) is 139 Å². The van der Waals surface area contributed by atoms with E-state index in [1.807, 2.05) is 0 Å². The second-order valence-electron chi connectivity index (χ2n) is 17.0. The van der Waals surface area contributed by atoms with Gasteiger partial charge in [-0.3, -0.25) is 14.4 Å². The molecule has 0 radical (unpaired) electrons. The third kappa shape index (κ3) is 4.59. The highest BCUT2D eigenvalue weighted by Crippen LogP contribution is 2.76. The largest absolute Gasteiger partial charge is 0.465 e. The van der Waals surface area contributed by atoms with E-state index in [4.69, 9.17) is 14.2 Å². The zero-order valence-electron chi connectivity index (χ0n) is 28.0. The molecule has 4 saturated carbocycles. The molecule has 0 bridgehead atoms. The van der Waals surface area contributed by atoms with Gasteiger partial charge < -0.3 is 14.2 Å². The van der Waals surface area contributed by atoms with Crippen LogP contribution < -0.4 is 0 Å². The Morgan fingerprint density at radius 2 is 1.40 bits per heavy atom. The van der Waals surface area contributed by atoms with Crippen molar-refractivity contribution in [1.82, 2.24) is 0 Å². The lowest BCUT2D eigenvalue weighted by molar-refractivity contribution is -0.241. The molecule has 6 nitrogen and oxygen atoms in total. The summed E-state index contributed by atoms with van der Waals surface area (Å²) in [5, 5.41) is 0. The van der Waals surface area contributed by atoms with Crippen molar-refractivity contribution in [2.24, 2.45) is 50.2 Å². The van der Waals surface area contributed by atoms with Gasteiger partial charge in [-0.2, -0.15) is 0 Å². The van der Waals surface area contributed by atoms with Crippen LogP contribution in [0.5, 0.6) is 0 Å². The van der Waals surface area contributed by atoms with Crippen molar-refractivity contribution in [2.75, 3.05) is 6.61 Å². The van der Waals surface area contributed by atoms with Crippen molar-refractivity contribution >= 4 is 17.9 Å². The molecule has 5 aliphatic carbocycles. The Morgan fingerprint density at radius 3 is 2.02 bits per heavy atom. The Bertz CT molecular complexity index is 1170. The number of esters is 3. The maximum absolute atomic E-state index is 12.7. The van der Waals surface area contributed by atoms with Crippen LogP contribution in [0.4, 0.5) is 0 Å². The Labute approximate surface area is 254 Å². The van der Waals surface area contributed by atoms with Gasteiger partial charge in [-0.25, -0.2) is 0 Å². The van der Waals surface area contributed by atoms with Gasteiger partial charge in [0.25, 0.3) is 0 Å². The summed E-state index contributed by atoms with van der Waals surface area (Å²) in [4.78, 5) is 36.9. The van der Waals surface area contributed by atoms with E-state index in [0.29, 0.717) is 17.3 Å². The van der Waals surface area contributed by atoms with E-state index in [-0.39, 0.29) is 64.3 Å². The predicted molar refractivity (Wildman–Crippen MR) is 162 cm³/mol. The molecule has 4 fully saturated rings. The van der Waals surface area contributed by atoms with Crippen molar-refractivity contribution in [1.29, 1.82) is 0 Å². The van der Waals surface area contributed by atoms with Crippen molar-refractivity contribution in [3.8, 4) is 0 Å². The number of hydrogen-bond acceptors (Lipinski definition) is 6. The molecule has 0 N–H and O–H groups in total. The Morgan fingerprint density at radius 1 is 0.762 bits per heavy atom. The molecular formula is C36H56O6. The fourth-order valence-electron chi connectivity index (χ4n) is 11.6. The van der Waals surface area contributed by atoms with Crippen LogP contribution in [0, 0.1) is 50.2 Å². The first-order valence-electron chi connectivity index (χ1n) is 16.5. The number of carbonyl (C=O) groups excluding carboxylic acids is 3. The minimum atomic E-state index is -0.468. The van der Waals surface area contributed by atoms with E-state index in [1.54, 1.807) is 12.5 Å². The van der Waals surface area contributed by atoms with Gasteiger partial charge in [0, 0.05) is 31.6 Å². The van der Waals surface area contributed by atoms with Gasteiger partial charge in [0.15, 0.2) is 0 Å². The lowest BCUT2D eigenvalue weighted by atomic mass is 9.33. The van der Waals surface area contributed by atoms with E-state index in [1.165, 1.54) is 33.1 Å². The van der Waals surface area contributed by atoms with E-state index in [9.17, 15) is 14.4 Å². The molecule has 0 unspecified atom stereocenters. The molecule has 0 amide bonds. The van der Waals surface area contributed by atoms with Crippen LogP contribution in [-0.4, -0.2) is 36.7 Å². The molecule has 42 heavy (non-hydrogen) atoms. The van der Waals surface area contributed by atoms with Crippen LogP contribution in [0.25, 0.3) is 0 Å². The van der Waals surface area contributed by atoms with Crippen LogP contribution in [-0.2, 0) is 28.6 Å². The summed E-state index contributed by atoms with van der Waals surface area (Å²) in [6.45, 7) is 21.6. The average molecular weight is 585 g/mol. The third-order valence-corrected chi connectivity index (χ3v) is 14.0. The summed E-state index contributed by atoms with van der Waals surface area (Å²) >= 11 is 0. The fraction of sp³-hybridized carbons (Fsp3) is 0.861. The molecule has 0 saturated heterocycles. The van der Waals surface area contributed by atoms with Gasteiger partial charge in [-0.1, -0.05) is 60.1 Å². The first kappa shape index (κ1) is 31.6. The first-order chi connectivity index (χ1) is 19.3. The van der Waals surface area contributed by atoms with Crippen LogP contribution in [0.15, 0.2) is 11.6 Å². The molecule has 6 heteroatoms. The van der Waals surface area contributed by atoms with Crippen LogP contribution in [0.3, 0.4) is 0 Å². The molecule has 5 aliphatic rings. The number of allylic oxidation sites excluding steroid dienone is 1. The molecule has 0 spiro atoms. The summed E-state index contributed by atoms with van der Waals surface area (Å²) in [7, 11) is 0. The topological polar surface area (TPSA) is 78.9 Å². The van der Waals surface area contributed by atoms with Gasteiger partial charge in [-0.05, 0) is 97.2 Å². The van der Waals surface area contributed by atoms with E-state index < -0.39 is 5.41 Å². The van der Waals surface area contributed by atoms with Crippen molar-refractivity contribution in [3.05, 3.63) is 11.6 Å². The lowest BCUT2D eigenvalue weighted by Crippen LogP contribution is -2.68. The number of carbonyl (C=O) groups is 3. The minimum Gasteiger partial charge on any atom is -0.465 e. The van der Waals surface area contributed by atoms with Crippen LogP contribution in [0.1, 0.15) is 127 Å². The number of ether oxygens (including phenoxy) is 3.